The molecule has 2 aromatic rings. The van der Waals surface area contributed by atoms with Crippen LogP contribution in [0.25, 0.3) is 0 Å². The molecular weight excluding hydrogens is 390 g/mol. The molecule has 0 saturated heterocycles. The van der Waals surface area contributed by atoms with E-state index in [1.807, 2.05) is 18.4 Å². The zero-order valence-corrected chi connectivity index (χ0v) is 16.6. The Hall–Kier alpha value is -2.59. The summed E-state index contributed by atoms with van der Waals surface area (Å²) < 4.78 is 25.4. The predicted octanol–water partition coefficient (Wildman–Crippen LogP) is 3.03. The zero-order valence-electron chi connectivity index (χ0n) is 15.0. The number of carbonyl (C=O) groups is 1. The van der Waals surface area contributed by atoms with Crippen molar-refractivity contribution in [3.05, 3.63) is 58.1 Å². The second kappa shape index (κ2) is 8.40. The Balaban J connectivity index is 2.35. The normalized spacial score (nSPS) is 11.1. The maximum Gasteiger partial charge on any atom is 0.271 e. The van der Waals surface area contributed by atoms with Crippen LogP contribution in [0.15, 0.2) is 47.4 Å². The van der Waals surface area contributed by atoms with Gasteiger partial charge in [0.05, 0.1) is 22.6 Å². The van der Waals surface area contributed by atoms with Crippen molar-refractivity contribution >= 4 is 44.8 Å². The Labute approximate surface area is 161 Å². The molecule has 0 saturated carbocycles. The lowest BCUT2D eigenvalue weighted by atomic mass is 10.2. The number of hydrogen-bond acceptors (Lipinski definition) is 6. The summed E-state index contributed by atoms with van der Waals surface area (Å²) in [4.78, 5) is 23.7. The van der Waals surface area contributed by atoms with E-state index < -0.39 is 27.4 Å². The standard InChI is InChI=1S/C17H19N3O5S2/c1-12-8-9-13(20(22)23)10-15(12)19(27(3,24)25)11-17(21)18-14-6-4-5-7-16(14)26-2/h4-10H,11H2,1-3H3,(H,18,21). The maximum atomic E-state index is 12.5. The second-order valence-electron chi connectivity index (χ2n) is 5.75. The van der Waals surface area contributed by atoms with E-state index >= 15 is 0 Å². The van der Waals surface area contributed by atoms with Crippen LogP contribution < -0.4 is 9.62 Å². The first-order chi connectivity index (χ1) is 12.6. The van der Waals surface area contributed by atoms with Crippen molar-refractivity contribution in [2.45, 2.75) is 11.8 Å². The molecule has 144 valence electrons. The fourth-order valence-corrected chi connectivity index (χ4v) is 3.89. The van der Waals surface area contributed by atoms with Crippen molar-refractivity contribution in [2.75, 3.05) is 28.7 Å². The van der Waals surface area contributed by atoms with E-state index in [9.17, 15) is 23.3 Å². The van der Waals surface area contributed by atoms with Crippen molar-refractivity contribution in [1.82, 2.24) is 0 Å². The Morgan fingerprint density at radius 1 is 1.26 bits per heavy atom. The maximum absolute atomic E-state index is 12.5. The second-order valence-corrected chi connectivity index (χ2v) is 8.50. The fourth-order valence-electron chi connectivity index (χ4n) is 2.43. The van der Waals surface area contributed by atoms with Gasteiger partial charge in [-0.3, -0.25) is 19.2 Å². The van der Waals surface area contributed by atoms with Gasteiger partial charge in [0.1, 0.15) is 6.54 Å². The molecular formula is C17H19N3O5S2. The number of para-hydroxylation sites is 1. The Morgan fingerprint density at radius 3 is 2.52 bits per heavy atom. The molecule has 1 amide bonds. The highest BCUT2D eigenvalue weighted by molar-refractivity contribution is 7.98. The summed E-state index contributed by atoms with van der Waals surface area (Å²) in [6.45, 7) is 1.13. The minimum Gasteiger partial charge on any atom is -0.323 e. The molecule has 0 radical (unpaired) electrons. The van der Waals surface area contributed by atoms with E-state index in [1.165, 1.54) is 23.9 Å². The lowest BCUT2D eigenvalue weighted by molar-refractivity contribution is -0.384. The number of sulfonamides is 1. The first kappa shape index (κ1) is 20.7. The number of hydrogen-bond donors (Lipinski definition) is 1. The van der Waals surface area contributed by atoms with Gasteiger partial charge in [0, 0.05) is 17.0 Å². The van der Waals surface area contributed by atoms with E-state index in [4.69, 9.17) is 0 Å². The largest absolute Gasteiger partial charge is 0.323 e. The summed E-state index contributed by atoms with van der Waals surface area (Å²) in [5, 5.41) is 13.7. The van der Waals surface area contributed by atoms with Crippen LogP contribution in [-0.2, 0) is 14.8 Å². The van der Waals surface area contributed by atoms with Crippen LogP contribution in [-0.4, -0.2) is 38.3 Å². The molecule has 2 rings (SSSR count). The number of anilines is 2. The minimum absolute atomic E-state index is 0.0972. The number of nitro groups is 1. The third-order valence-electron chi connectivity index (χ3n) is 3.74. The summed E-state index contributed by atoms with van der Waals surface area (Å²) in [6.07, 6.45) is 2.81. The third-order valence-corrected chi connectivity index (χ3v) is 5.66. The number of aryl methyl sites for hydroxylation is 1. The van der Waals surface area contributed by atoms with Gasteiger partial charge in [-0.2, -0.15) is 0 Å². The highest BCUT2D eigenvalue weighted by Crippen LogP contribution is 2.28. The lowest BCUT2D eigenvalue weighted by Gasteiger charge is -2.23. The fraction of sp³-hybridized carbons (Fsp3) is 0.235. The van der Waals surface area contributed by atoms with E-state index in [-0.39, 0.29) is 11.4 Å². The molecule has 0 heterocycles. The number of nitro benzene ring substituents is 1. The summed E-state index contributed by atoms with van der Waals surface area (Å²) >= 11 is 1.44. The molecule has 10 heteroatoms. The number of amides is 1. The number of rotatable bonds is 7. The molecule has 27 heavy (non-hydrogen) atoms. The average molecular weight is 409 g/mol. The molecule has 0 aliphatic rings. The Kier molecular flexibility index (Phi) is 6.45. The van der Waals surface area contributed by atoms with E-state index in [2.05, 4.69) is 5.32 Å². The smallest absolute Gasteiger partial charge is 0.271 e. The van der Waals surface area contributed by atoms with Crippen molar-refractivity contribution in [1.29, 1.82) is 0 Å². The zero-order chi connectivity index (χ0) is 20.2. The van der Waals surface area contributed by atoms with Crippen molar-refractivity contribution in [3.63, 3.8) is 0 Å². The average Bonchev–Trinajstić information content (AvgIpc) is 2.59. The molecule has 2 aromatic carbocycles. The van der Waals surface area contributed by atoms with Crippen LogP contribution in [0.2, 0.25) is 0 Å². The van der Waals surface area contributed by atoms with Crippen LogP contribution in [0.3, 0.4) is 0 Å². The van der Waals surface area contributed by atoms with Gasteiger partial charge in [0.2, 0.25) is 15.9 Å². The highest BCUT2D eigenvalue weighted by Gasteiger charge is 2.24. The van der Waals surface area contributed by atoms with Gasteiger partial charge >= 0.3 is 0 Å². The number of thioether (sulfide) groups is 1. The third kappa shape index (κ3) is 5.20. The molecule has 0 atom stereocenters. The van der Waals surface area contributed by atoms with Crippen LogP contribution in [0.5, 0.6) is 0 Å². The van der Waals surface area contributed by atoms with Crippen molar-refractivity contribution in [3.8, 4) is 0 Å². The molecule has 0 bridgehead atoms. The Morgan fingerprint density at radius 2 is 1.93 bits per heavy atom. The number of nitrogens with zero attached hydrogens (tertiary/aromatic N) is 2. The summed E-state index contributed by atoms with van der Waals surface area (Å²) in [6, 6.07) is 11.0. The number of benzene rings is 2. The van der Waals surface area contributed by atoms with Gasteiger partial charge < -0.3 is 5.32 Å². The van der Waals surface area contributed by atoms with Crippen LogP contribution in [0.4, 0.5) is 17.1 Å². The summed E-state index contributed by atoms with van der Waals surface area (Å²) in [5.74, 6) is -0.548. The van der Waals surface area contributed by atoms with Gasteiger partial charge in [0.25, 0.3) is 5.69 Å². The number of carbonyl (C=O) groups excluding carboxylic acids is 1. The lowest BCUT2D eigenvalue weighted by Crippen LogP contribution is -2.38. The number of nitrogens with one attached hydrogen (secondary N) is 1. The highest BCUT2D eigenvalue weighted by atomic mass is 32.2. The SMILES string of the molecule is CSc1ccccc1NC(=O)CN(c1cc([N+](=O)[O-])ccc1C)S(C)(=O)=O. The topological polar surface area (TPSA) is 110 Å². The van der Waals surface area contributed by atoms with Crippen LogP contribution in [0.1, 0.15) is 5.56 Å². The van der Waals surface area contributed by atoms with Crippen molar-refractivity contribution < 1.29 is 18.1 Å². The minimum atomic E-state index is -3.84. The van der Waals surface area contributed by atoms with Crippen LogP contribution in [0, 0.1) is 17.0 Å². The molecule has 0 unspecified atom stereocenters. The first-order valence-electron chi connectivity index (χ1n) is 7.79. The van der Waals surface area contributed by atoms with Crippen LogP contribution >= 0.6 is 11.8 Å². The summed E-state index contributed by atoms with van der Waals surface area (Å²) in [5.41, 5.74) is 0.917. The van der Waals surface area contributed by atoms with Gasteiger partial charge in [-0.25, -0.2) is 8.42 Å². The van der Waals surface area contributed by atoms with E-state index in [1.54, 1.807) is 19.1 Å². The molecule has 0 aliphatic heterocycles. The first-order valence-corrected chi connectivity index (χ1v) is 10.9. The molecule has 0 aliphatic carbocycles. The predicted molar refractivity (Wildman–Crippen MR) is 107 cm³/mol. The molecule has 0 aromatic heterocycles. The molecule has 1 N–H and O–H groups in total. The number of non-ortho nitro benzene ring substituents is 1. The van der Waals surface area contributed by atoms with E-state index in [0.29, 0.717) is 11.3 Å². The summed E-state index contributed by atoms with van der Waals surface area (Å²) in [7, 11) is -3.84. The van der Waals surface area contributed by atoms with Gasteiger partial charge in [-0.05, 0) is 30.9 Å². The quantitative estimate of drug-likeness (QED) is 0.428. The van der Waals surface area contributed by atoms with Gasteiger partial charge in [-0.1, -0.05) is 18.2 Å². The van der Waals surface area contributed by atoms with Crippen molar-refractivity contribution in [2.24, 2.45) is 0 Å². The monoisotopic (exact) mass is 409 g/mol. The molecule has 0 fully saturated rings. The Bertz CT molecular complexity index is 976. The van der Waals surface area contributed by atoms with E-state index in [0.717, 1.165) is 21.5 Å². The molecule has 0 spiro atoms. The van der Waals surface area contributed by atoms with Gasteiger partial charge in [0.15, 0.2) is 0 Å². The molecule has 8 nitrogen and oxygen atoms in total. The van der Waals surface area contributed by atoms with Gasteiger partial charge in [-0.15, -0.1) is 11.8 Å².